The Kier molecular flexibility index (Phi) is 4.05. The number of fused-ring (bicyclic) bond motifs is 1. The summed E-state index contributed by atoms with van der Waals surface area (Å²) in [7, 11) is -3.04. The number of nitrogens with zero attached hydrogens (tertiary/aromatic N) is 4. The predicted octanol–water partition coefficient (Wildman–Crippen LogP) is -0.272. The lowest BCUT2D eigenvalue weighted by molar-refractivity contribution is -0.124. The third-order valence-corrected chi connectivity index (χ3v) is 6.86. The molecule has 1 aliphatic carbocycles. The molecule has 0 bridgehead atoms. The minimum absolute atomic E-state index is 0.0134. The minimum Gasteiger partial charge on any atom is -0.351 e. The van der Waals surface area contributed by atoms with E-state index in [-0.39, 0.29) is 29.9 Å². The number of sulfone groups is 1. The molecular formula is C17H19N7O4S. The molecule has 1 saturated carbocycles. The number of nitrogens with one attached hydrogen (secondary N) is 3. The van der Waals surface area contributed by atoms with Crippen molar-refractivity contribution in [2.75, 3.05) is 22.1 Å². The third-order valence-electron chi connectivity index (χ3n) is 5.10. The fourth-order valence-corrected chi connectivity index (χ4v) is 5.14. The van der Waals surface area contributed by atoms with Gasteiger partial charge in [0.25, 0.3) is 5.91 Å². The number of aromatic nitrogens is 4. The van der Waals surface area contributed by atoms with Crippen LogP contribution in [-0.4, -0.2) is 63.4 Å². The summed E-state index contributed by atoms with van der Waals surface area (Å²) < 4.78 is 25.0. The molecule has 2 aliphatic heterocycles. The highest BCUT2D eigenvalue weighted by atomic mass is 32.2. The van der Waals surface area contributed by atoms with Crippen molar-refractivity contribution in [2.24, 2.45) is 0 Å². The standard InChI is InChI=1S/C17H19N7O4S/c25-13-6-9(15(26)21-13)5-10-7-18-24-14(10)22-16(23-17(24)20-11-1-2-11)19-12-3-4-29(27,28)8-12/h5,7,11-12H,1-4,6,8H2,(H,21,25,26)(H2,19,20,22,23)/b9-5+. The largest absolute Gasteiger partial charge is 0.351 e. The molecule has 12 heteroatoms. The summed E-state index contributed by atoms with van der Waals surface area (Å²) in [5.41, 5.74) is 1.39. The predicted molar refractivity (Wildman–Crippen MR) is 104 cm³/mol. The van der Waals surface area contributed by atoms with Crippen molar-refractivity contribution in [1.29, 1.82) is 0 Å². The van der Waals surface area contributed by atoms with Crippen LogP contribution in [0.5, 0.6) is 0 Å². The maximum atomic E-state index is 11.9. The Morgan fingerprint density at radius 1 is 1.14 bits per heavy atom. The first kappa shape index (κ1) is 18.0. The Labute approximate surface area is 165 Å². The van der Waals surface area contributed by atoms with Crippen LogP contribution in [-0.2, 0) is 19.4 Å². The Bertz CT molecular complexity index is 1170. The quantitative estimate of drug-likeness (QED) is 0.441. The number of carbonyl (C=O) groups is 2. The smallest absolute Gasteiger partial charge is 0.254 e. The number of hydrogen-bond acceptors (Lipinski definition) is 9. The van der Waals surface area contributed by atoms with Crippen molar-refractivity contribution >= 4 is 45.3 Å². The van der Waals surface area contributed by atoms with Gasteiger partial charge in [-0.1, -0.05) is 0 Å². The lowest BCUT2D eigenvalue weighted by atomic mass is 10.1. The SMILES string of the molecule is O=C1C/C(=C\c2cnn3c(NC4CC4)nc(NC4CCS(=O)(=O)C4)nc23)C(=O)N1. The molecule has 152 valence electrons. The number of hydrogen-bond donors (Lipinski definition) is 3. The van der Waals surface area contributed by atoms with Crippen LogP contribution in [0.2, 0.25) is 0 Å². The fourth-order valence-electron chi connectivity index (χ4n) is 3.46. The van der Waals surface area contributed by atoms with Gasteiger partial charge in [-0.3, -0.25) is 14.9 Å². The van der Waals surface area contributed by atoms with Gasteiger partial charge in [0.05, 0.1) is 24.1 Å². The molecule has 2 saturated heterocycles. The first-order chi connectivity index (χ1) is 13.9. The number of carbonyl (C=O) groups excluding carboxylic acids is 2. The maximum absolute atomic E-state index is 11.9. The molecule has 0 spiro atoms. The molecule has 2 amide bonds. The summed E-state index contributed by atoms with van der Waals surface area (Å²) >= 11 is 0. The van der Waals surface area contributed by atoms with E-state index < -0.39 is 15.7 Å². The monoisotopic (exact) mass is 417 g/mol. The summed E-state index contributed by atoms with van der Waals surface area (Å²) in [5.74, 6) is 0.230. The molecular weight excluding hydrogens is 398 g/mol. The summed E-state index contributed by atoms with van der Waals surface area (Å²) in [6, 6.07) is 0.0660. The van der Waals surface area contributed by atoms with E-state index in [0.29, 0.717) is 41.1 Å². The molecule has 1 atom stereocenters. The van der Waals surface area contributed by atoms with Crippen LogP contribution >= 0.6 is 0 Å². The Balaban J connectivity index is 1.53. The summed E-state index contributed by atoms with van der Waals surface area (Å²) in [5, 5.41) is 13.0. The van der Waals surface area contributed by atoms with Crippen molar-refractivity contribution in [1.82, 2.24) is 24.9 Å². The number of amides is 2. The van der Waals surface area contributed by atoms with Crippen molar-refractivity contribution < 1.29 is 18.0 Å². The first-order valence-electron chi connectivity index (χ1n) is 9.40. The minimum atomic E-state index is -3.04. The van der Waals surface area contributed by atoms with E-state index >= 15 is 0 Å². The van der Waals surface area contributed by atoms with Crippen LogP contribution in [0.3, 0.4) is 0 Å². The second kappa shape index (κ2) is 6.51. The van der Waals surface area contributed by atoms with Gasteiger partial charge in [0, 0.05) is 23.2 Å². The van der Waals surface area contributed by atoms with Crippen LogP contribution in [0.15, 0.2) is 11.8 Å². The molecule has 29 heavy (non-hydrogen) atoms. The summed E-state index contributed by atoms with van der Waals surface area (Å²) in [6.45, 7) is 0. The zero-order valence-corrected chi connectivity index (χ0v) is 16.2. The van der Waals surface area contributed by atoms with Crippen molar-refractivity contribution in [3.05, 3.63) is 17.3 Å². The van der Waals surface area contributed by atoms with E-state index in [2.05, 4.69) is 31.0 Å². The van der Waals surface area contributed by atoms with Crippen LogP contribution in [0.25, 0.3) is 11.7 Å². The van der Waals surface area contributed by atoms with Gasteiger partial charge in [-0.25, -0.2) is 8.42 Å². The molecule has 2 aromatic heterocycles. The summed E-state index contributed by atoms with van der Waals surface area (Å²) in [4.78, 5) is 32.3. The molecule has 11 nitrogen and oxygen atoms in total. The summed E-state index contributed by atoms with van der Waals surface area (Å²) in [6.07, 6.45) is 5.75. The molecule has 0 aromatic carbocycles. The highest BCUT2D eigenvalue weighted by Gasteiger charge is 2.30. The third kappa shape index (κ3) is 3.67. The lowest BCUT2D eigenvalue weighted by Gasteiger charge is -2.13. The van der Waals surface area contributed by atoms with Gasteiger partial charge in [0.2, 0.25) is 17.8 Å². The van der Waals surface area contributed by atoms with Crippen molar-refractivity contribution in [3.63, 3.8) is 0 Å². The molecule has 3 aliphatic rings. The Morgan fingerprint density at radius 2 is 1.97 bits per heavy atom. The molecule has 5 rings (SSSR count). The maximum Gasteiger partial charge on any atom is 0.254 e. The molecule has 3 fully saturated rings. The van der Waals surface area contributed by atoms with Crippen LogP contribution in [0.1, 0.15) is 31.2 Å². The number of rotatable bonds is 5. The average molecular weight is 417 g/mol. The fraction of sp³-hybridized carbons (Fsp3) is 0.471. The molecule has 4 heterocycles. The average Bonchev–Trinajstić information content (AvgIpc) is 3.14. The Morgan fingerprint density at radius 3 is 2.62 bits per heavy atom. The second-order valence-corrected chi connectivity index (χ2v) is 9.82. The zero-order chi connectivity index (χ0) is 20.2. The van der Waals surface area contributed by atoms with Gasteiger partial charge in [-0.05, 0) is 25.3 Å². The Hall–Kier alpha value is -3.02. The van der Waals surface area contributed by atoms with Gasteiger partial charge in [-0.15, -0.1) is 0 Å². The van der Waals surface area contributed by atoms with E-state index in [9.17, 15) is 18.0 Å². The van der Waals surface area contributed by atoms with Gasteiger partial charge in [0.15, 0.2) is 15.5 Å². The number of imide groups is 1. The van der Waals surface area contributed by atoms with Gasteiger partial charge >= 0.3 is 0 Å². The van der Waals surface area contributed by atoms with Crippen LogP contribution in [0.4, 0.5) is 11.9 Å². The van der Waals surface area contributed by atoms with Gasteiger partial charge in [0.1, 0.15) is 0 Å². The van der Waals surface area contributed by atoms with E-state index in [1.165, 1.54) is 0 Å². The van der Waals surface area contributed by atoms with E-state index in [1.807, 2.05) is 0 Å². The molecule has 1 unspecified atom stereocenters. The van der Waals surface area contributed by atoms with E-state index in [4.69, 9.17) is 0 Å². The molecule has 0 radical (unpaired) electrons. The lowest BCUT2D eigenvalue weighted by Crippen LogP contribution is -2.23. The molecule has 2 aromatic rings. The van der Waals surface area contributed by atoms with Gasteiger partial charge < -0.3 is 10.6 Å². The number of anilines is 2. The highest BCUT2D eigenvalue weighted by Crippen LogP contribution is 2.26. The van der Waals surface area contributed by atoms with E-state index in [0.717, 1.165) is 12.8 Å². The van der Waals surface area contributed by atoms with Crippen molar-refractivity contribution in [2.45, 2.75) is 37.8 Å². The highest BCUT2D eigenvalue weighted by molar-refractivity contribution is 7.91. The second-order valence-electron chi connectivity index (χ2n) is 7.59. The molecule has 3 N–H and O–H groups in total. The first-order valence-corrected chi connectivity index (χ1v) is 11.2. The topological polar surface area (TPSA) is 147 Å². The van der Waals surface area contributed by atoms with Crippen molar-refractivity contribution in [3.8, 4) is 0 Å². The van der Waals surface area contributed by atoms with Crippen LogP contribution in [0, 0.1) is 0 Å². The normalized spacial score (nSPS) is 25.0. The van der Waals surface area contributed by atoms with Gasteiger partial charge in [-0.2, -0.15) is 19.6 Å². The zero-order valence-electron chi connectivity index (χ0n) is 15.4. The van der Waals surface area contributed by atoms with E-state index in [1.54, 1.807) is 16.8 Å². The van der Waals surface area contributed by atoms with Crippen LogP contribution < -0.4 is 16.0 Å².